The van der Waals surface area contributed by atoms with Gasteiger partial charge in [0.05, 0.1) is 18.8 Å². The predicted octanol–water partition coefficient (Wildman–Crippen LogP) is 7.72. The Kier molecular flexibility index (Phi) is 7.79. The van der Waals surface area contributed by atoms with Crippen molar-refractivity contribution in [3.8, 4) is 0 Å². The van der Waals surface area contributed by atoms with Gasteiger partial charge in [0.15, 0.2) is 6.29 Å². The van der Waals surface area contributed by atoms with Crippen LogP contribution in [0.25, 0.3) is 0 Å². The van der Waals surface area contributed by atoms with Gasteiger partial charge in [0, 0.05) is 42.3 Å². The first-order chi connectivity index (χ1) is 22.0. The number of nitrogens with one attached hydrogen (secondary N) is 2. The first-order valence-corrected chi connectivity index (χ1v) is 18.0. The van der Waals surface area contributed by atoms with Crippen LogP contribution in [-0.2, 0) is 16.1 Å². The van der Waals surface area contributed by atoms with Gasteiger partial charge in [-0.3, -0.25) is 4.90 Å². The molecule has 0 radical (unpaired) electrons. The number of nitrogens with zero attached hydrogens (tertiary/aromatic N) is 1. The maximum atomic E-state index is 13.2. The molecule has 7 nitrogen and oxygen atoms in total. The first-order valence-electron chi connectivity index (χ1n) is 18.0. The summed E-state index contributed by atoms with van der Waals surface area (Å²) < 4.78 is 13.4. The van der Waals surface area contributed by atoms with Crippen LogP contribution in [0.4, 0.5) is 10.5 Å². The highest BCUT2D eigenvalue weighted by Gasteiger charge is 2.52. The van der Waals surface area contributed by atoms with Gasteiger partial charge in [0.25, 0.3) is 0 Å². The van der Waals surface area contributed by atoms with Crippen LogP contribution >= 0.6 is 0 Å². The molecule has 2 heterocycles. The van der Waals surface area contributed by atoms with Crippen molar-refractivity contribution < 1.29 is 19.4 Å². The third kappa shape index (κ3) is 6.25. The summed E-state index contributed by atoms with van der Waals surface area (Å²) in [5.41, 5.74) is 4.51. The van der Waals surface area contributed by atoms with Gasteiger partial charge in [-0.25, -0.2) is 4.79 Å². The molecule has 5 atom stereocenters. The number of aliphatic hydroxyl groups is 1. The van der Waals surface area contributed by atoms with Crippen molar-refractivity contribution in [2.75, 3.05) is 18.4 Å². The van der Waals surface area contributed by atoms with Crippen LogP contribution in [0, 0.1) is 28.6 Å². The summed E-state index contributed by atoms with van der Waals surface area (Å²) in [6.07, 6.45) is 11.5. The molecular formula is C39H53N3O4. The molecule has 0 aromatic heterocycles. The van der Waals surface area contributed by atoms with Crippen LogP contribution < -0.4 is 10.6 Å². The van der Waals surface area contributed by atoms with Gasteiger partial charge < -0.3 is 25.2 Å². The molecule has 0 spiro atoms. The van der Waals surface area contributed by atoms with Gasteiger partial charge in [0.1, 0.15) is 0 Å². The average Bonchev–Trinajstić information content (AvgIpc) is 3.23. The molecule has 2 unspecified atom stereocenters. The van der Waals surface area contributed by atoms with Gasteiger partial charge in [-0.2, -0.15) is 0 Å². The SMILES string of the molecule is CC1(C)CC2CC(C)(CN2C[C@H]2C[C@@H](c3ccc(CO)cc3)O[C@@H](c3ccc(NC(=O)NC45CC6CC(CC(C6)C4)C5)cc3)O2)C1. The summed E-state index contributed by atoms with van der Waals surface area (Å²) in [4.78, 5) is 15.9. The quantitative estimate of drug-likeness (QED) is 0.293. The standard InChI is InChI=1S/C39H53N3O4/c1-37(2)19-32-20-38(3,23-37)24-42(32)21-33-15-34(29-6-4-25(22-43)5-7-29)46-35(45-33)30-8-10-31(11-9-30)40-36(44)41-39-16-26-12-27(17-39)14-28(13-26)18-39/h4-11,26-28,32-35,43H,12-24H2,1-3H3,(H2,40,41,44)/t26?,27?,28?,32?,33-,34+,35+,38?,39?/m1/s1. The van der Waals surface area contributed by atoms with E-state index in [-0.39, 0.29) is 30.4 Å². The Morgan fingerprint density at radius 1 is 0.848 bits per heavy atom. The Hall–Kier alpha value is -2.45. The lowest BCUT2D eigenvalue weighted by molar-refractivity contribution is -0.253. The zero-order valence-corrected chi connectivity index (χ0v) is 28.0. The summed E-state index contributed by atoms with van der Waals surface area (Å²) in [5.74, 6) is 2.38. The Balaban J connectivity index is 0.957. The number of amides is 2. The van der Waals surface area contributed by atoms with E-state index >= 15 is 0 Å². The summed E-state index contributed by atoms with van der Waals surface area (Å²) in [7, 11) is 0. The number of aliphatic hydroxyl groups excluding tert-OH is 1. The second-order valence-corrected chi connectivity index (χ2v) is 17.4. The van der Waals surface area contributed by atoms with Gasteiger partial charge in [-0.1, -0.05) is 57.2 Å². The van der Waals surface area contributed by atoms with E-state index in [1.54, 1.807) is 0 Å². The van der Waals surface area contributed by atoms with Crippen molar-refractivity contribution in [1.29, 1.82) is 0 Å². The Bertz CT molecular complexity index is 1390. The van der Waals surface area contributed by atoms with E-state index in [2.05, 4.69) is 48.4 Å². The molecule has 2 saturated heterocycles. The molecule has 6 bridgehead atoms. The summed E-state index contributed by atoms with van der Waals surface area (Å²) in [6.45, 7) is 9.41. The smallest absolute Gasteiger partial charge is 0.319 e. The first kappa shape index (κ1) is 30.9. The highest BCUT2D eigenvalue weighted by atomic mass is 16.7. The van der Waals surface area contributed by atoms with Gasteiger partial charge in [-0.15, -0.1) is 0 Å². The Labute approximate surface area is 274 Å². The highest BCUT2D eigenvalue weighted by molar-refractivity contribution is 5.89. The number of anilines is 1. The molecule has 2 aromatic rings. The van der Waals surface area contributed by atoms with Crippen molar-refractivity contribution in [3.05, 3.63) is 65.2 Å². The zero-order chi connectivity index (χ0) is 31.7. The maximum Gasteiger partial charge on any atom is 0.319 e. The van der Waals surface area contributed by atoms with Crippen LogP contribution in [0.3, 0.4) is 0 Å². The largest absolute Gasteiger partial charge is 0.392 e. The second-order valence-electron chi connectivity index (χ2n) is 17.4. The fraction of sp³-hybridized carbons (Fsp3) is 0.667. The molecule has 5 aliphatic carbocycles. The summed E-state index contributed by atoms with van der Waals surface area (Å²) >= 11 is 0. The van der Waals surface area contributed by atoms with Crippen LogP contribution in [0.1, 0.15) is 114 Å². The lowest BCUT2D eigenvalue weighted by Crippen LogP contribution is -2.60. The number of likely N-dealkylation sites (tertiary alicyclic amines) is 1. The topological polar surface area (TPSA) is 83.1 Å². The normalized spacial score (nSPS) is 39.3. The molecule has 9 rings (SSSR count). The zero-order valence-electron chi connectivity index (χ0n) is 28.0. The van der Waals surface area contributed by atoms with E-state index in [1.165, 1.54) is 38.5 Å². The lowest BCUT2D eigenvalue weighted by atomic mass is 9.53. The second kappa shape index (κ2) is 11.6. The molecule has 7 fully saturated rings. The molecule has 7 heteroatoms. The third-order valence-electron chi connectivity index (χ3n) is 12.4. The van der Waals surface area contributed by atoms with Crippen molar-refractivity contribution in [1.82, 2.24) is 10.2 Å². The number of benzene rings is 2. The number of hydrogen-bond acceptors (Lipinski definition) is 5. The number of fused-ring (bicyclic) bond motifs is 2. The van der Waals surface area contributed by atoms with E-state index in [1.807, 2.05) is 36.4 Å². The molecular weight excluding hydrogens is 574 g/mol. The highest BCUT2D eigenvalue weighted by Crippen LogP contribution is 2.56. The van der Waals surface area contributed by atoms with E-state index in [9.17, 15) is 9.90 Å². The van der Waals surface area contributed by atoms with Crippen LogP contribution in [0.2, 0.25) is 0 Å². The van der Waals surface area contributed by atoms with Crippen molar-refractivity contribution in [2.45, 2.75) is 122 Å². The Morgan fingerprint density at radius 2 is 1.50 bits per heavy atom. The molecule has 2 aromatic carbocycles. The minimum Gasteiger partial charge on any atom is -0.392 e. The monoisotopic (exact) mass is 627 g/mol. The van der Waals surface area contributed by atoms with Gasteiger partial charge in [0.2, 0.25) is 0 Å². The molecule has 7 aliphatic rings. The number of carbonyl (C=O) groups excluding carboxylic acids is 1. The van der Waals surface area contributed by atoms with Crippen LogP contribution in [-0.4, -0.2) is 46.8 Å². The summed E-state index contributed by atoms with van der Waals surface area (Å²) in [5, 5.41) is 16.1. The van der Waals surface area contributed by atoms with Crippen molar-refractivity contribution in [2.24, 2.45) is 28.6 Å². The lowest BCUT2D eigenvalue weighted by Gasteiger charge is -2.56. The van der Waals surface area contributed by atoms with E-state index < -0.39 is 6.29 Å². The van der Waals surface area contributed by atoms with E-state index in [4.69, 9.17) is 9.47 Å². The molecule has 2 amide bonds. The third-order valence-corrected chi connectivity index (χ3v) is 12.4. The Morgan fingerprint density at radius 3 is 2.15 bits per heavy atom. The number of urea groups is 1. The van der Waals surface area contributed by atoms with Crippen LogP contribution in [0.15, 0.2) is 48.5 Å². The number of rotatable bonds is 7. The number of ether oxygens (including phenoxy) is 2. The predicted molar refractivity (Wildman–Crippen MR) is 179 cm³/mol. The fourth-order valence-electron chi connectivity index (χ4n) is 11.5. The molecule has 5 saturated carbocycles. The average molecular weight is 628 g/mol. The minimum atomic E-state index is -0.495. The van der Waals surface area contributed by atoms with Gasteiger partial charge in [-0.05, 0) is 110 Å². The molecule has 2 aliphatic heterocycles. The minimum absolute atomic E-state index is 0.0109. The van der Waals surface area contributed by atoms with E-state index in [0.717, 1.165) is 78.9 Å². The van der Waals surface area contributed by atoms with Gasteiger partial charge >= 0.3 is 6.03 Å². The van der Waals surface area contributed by atoms with Crippen molar-refractivity contribution >= 4 is 11.7 Å². The fourth-order valence-corrected chi connectivity index (χ4v) is 11.5. The number of hydrogen-bond donors (Lipinski definition) is 3. The molecule has 46 heavy (non-hydrogen) atoms. The number of carbonyl (C=O) groups is 1. The summed E-state index contributed by atoms with van der Waals surface area (Å²) in [6, 6.07) is 16.7. The molecule has 3 N–H and O–H groups in total. The van der Waals surface area contributed by atoms with Crippen LogP contribution in [0.5, 0.6) is 0 Å². The maximum absolute atomic E-state index is 13.2. The molecule has 248 valence electrons. The van der Waals surface area contributed by atoms with E-state index in [0.29, 0.717) is 16.9 Å². The van der Waals surface area contributed by atoms with Crippen molar-refractivity contribution in [3.63, 3.8) is 0 Å².